The van der Waals surface area contributed by atoms with E-state index in [4.69, 9.17) is 0 Å². The minimum Gasteiger partial charge on any atom is -0.342 e. The van der Waals surface area contributed by atoms with Gasteiger partial charge in [-0.2, -0.15) is 5.10 Å². The number of likely N-dealkylation sites (N-methyl/N-ethyl adjacent to an activating group) is 1. The number of fused-ring (bicyclic) bond motifs is 4. The molecular weight excluding hydrogens is 322 g/mol. The zero-order valence-corrected chi connectivity index (χ0v) is 15.2. The normalized spacial score (nSPS) is 25.2. The Kier molecular flexibility index (Phi) is 3.27. The lowest BCUT2D eigenvalue weighted by atomic mass is 9.63. The van der Waals surface area contributed by atoms with Crippen LogP contribution in [0.1, 0.15) is 37.3 Å². The Hall–Kier alpha value is -2.62. The van der Waals surface area contributed by atoms with E-state index in [1.165, 1.54) is 16.7 Å². The minimum absolute atomic E-state index is 0.0580. The average molecular weight is 345 g/mol. The summed E-state index contributed by atoms with van der Waals surface area (Å²) in [5, 5.41) is 8.86. The topological polar surface area (TPSA) is 49.0 Å². The van der Waals surface area contributed by atoms with Gasteiger partial charge in [-0.05, 0) is 42.5 Å². The van der Waals surface area contributed by atoms with Crippen LogP contribution in [0.25, 0.3) is 22.2 Å². The summed E-state index contributed by atoms with van der Waals surface area (Å²) >= 11 is 0. The van der Waals surface area contributed by atoms with Crippen molar-refractivity contribution in [2.45, 2.75) is 44.1 Å². The molecule has 2 heterocycles. The van der Waals surface area contributed by atoms with Gasteiger partial charge < -0.3 is 4.90 Å². The van der Waals surface area contributed by atoms with Crippen LogP contribution in [0.3, 0.4) is 0 Å². The number of rotatable bonds is 1. The molecule has 2 aromatic carbocycles. The highest BCUT2D eigenvalue weighted by Gasteiger charge is 2.46. The van der Waals surface area contributed by atoms with Crippen LogP contribution in [0.4, 0.5) is 0 Å². The number of likely N-dealkylation sites (tertiary alicyclic amines) is 1. The zero-order chi connectivity index (χ0) is 17.9. The molecule has 4 heteroatoms. The van der Waals surface area contributed by atoms with Crippen LogP contribution in [0.5, 0.6) is 0 Å². The first-order valence-corrected chi connectivity index (χ1v) is 9.40. The fourth-order valence-electron chi connectivity index (χ4n) is 5.12. The van der Waals surface area contributed by atoms with Crippen LogP contribution in [-0.2, 0) is 16.6 Å². The lowest BCUT2D eigenvalue weighted by molar-refractivity contribution is -0.138. The maximum absolute atomic E-state index is 12.2. The van der Waals surface area contributed by atoms with Crippen LogP contribution < -0.4 is 0 Å². The second-order valence-electron chi connectivity index (χ2n) is 7.97. The molecule has 5 rings (SSSR count). The number of piperidine rings is 1. The molecule has 2 atom stereocenters. The van der Waals surface area contributed by atoms with Gasteiger partial charge in [0.15, 0.2) is 0 Å². The van der Waals surface area contributed by atoms with Crippen LogP contribution in [0.15, 0.2) is 42.5 Å². The van der Waals surface area contributed by atoms with Crippen molar-refractivity contribution in [1.82, 2.24) is 15.1 Å². The van der Waals surface area contributed by atoms with Gasteiger partial charge in [0, 0.05) is 35.9 Å². The van der Waals surface area contributed by atoms with Crippen LogP contribution >= 0.6 is 0 Å². The molecule has 0 radical (unpaired) electrons. The average Bonchev–Trinajstić information content (AvgIpc) is 3.09. The predicted molar refractivity (Wildman–Crippen MR) is 103 cm³/mol. The smallest absolute Gasteiger partial charge is 0.222 e. The molecule has 1 fully saturated rings. The quantitative estimate of drug-likeness (QED) is 0.723. The van der Waals surface area contributed by atoms with E-state index in [9.17, 15) is 4.79 Å². The molecule has 0 unspecified atom stereocenters. The Balaban J connectivity index is 1.60. The largest absolute Gasteiger partial charge is 0.342 e. The highest BCUT2D eigenvalue weighted by Crippen LogP contribution is 2.46. The van der Waals surface area contributed by atoms with Crippen molar-refractivity contribution < 1.29 is 4.79 Å². The minimum atomic E-state index is 0.0580. The lowest BCUT2D eigenvalue weighted by Crippen LogP contribution is -2.56. The summed E-state index contributed by atoms with van der Waals surface area (Å²) < 4.78 is 0. The molecule has 4 nitrogen and oxygen atoms in total. The van der Waals surface area contributed by atoms with Gasteiger partial charge in [-0.3, -0.25) is 9.89 Å². The first-order valence-electron chi connectivity index (χ1n) is 9.40. The second kappa shape index (κ2) is 5.44. The fraction of sp³-hybridized carbons (Fsp3) is 0.364. The van der Waals surface area contributed by atoms with Gasteiger partial charge in [0.1, 0.15) is 0 Å². The molecule has 0 bridgehead atoms. The molecule has 1 amide bonds. The molecular formula is C22H23N3O. The third-order valence-corrected chi connectivity index (χ3v) is 6.61. The number of aryl methyl sites for hydroxylation is 1. The Morgan fingerprint density at radius 1 is 1.19 bits per heavy atom. The van der Waals surface area contributed by atoms with Gasteiger partial charge in [-0.15, -0.1) is 0 Å². The molecule has 1 saturated heterocycles. The van der Waals surface area contributed by atoms with Crippen molar-refractivity contribution >= 4 is 16.8 Å². The molecule has 1 aliphatic carbocycles. The summed E-state index contributed by atoms with van der Waals surface area (Å²) in [5.41, 5.74) is 6.14. The van der Waals surface area contributed by atoms with Gasteiger partial charge in [0.25, 0.3) is 0 Å². The first kappa shape index (κ1) is 15.6. The van der Waals surface area contributed by atoms with E-state index in [1.54, 1.807) is 0 Å². The van der Waals surface area contributed by atoms with E-state index in [0.29, 0.717) is 12.5 Å². The van der Waals surface area contributed by atoms with Crippen molar-refractivity contribution in [3.63, 3.8) is 0 Å². The van der Waals surface area contributed by atoms with Crippen molar-refractivity contribution in [3.8, 4) is 11.3 Å². The van der Waals surface area contributed by atoms with E-state index >= 15 is 0 Å². The number of H-pyrrole nitrogens is 1. The van der Waals surface area contributed by atoms with Gasteiger partial charge in [0.2, 0.25) is 5.91 Å². The Bertz CT molecular complexity index is 1020. The Morgan fingerprint density at radius 3 is 2.92 bits per heavy atom. The number of carbonyl (C=O) groups excluding carboxylic acids is 1. The Labute approximate surface area is 153 Å². The zero-order valence-electron chi connectivity index (χ0n) is 15.2. The SMILES string of the molecule is CN1C(=O)CC[C@]2(C)c3ccc(-c4n[nH]c5ccccc45)cc3CC[C@@H]12. The number of aromatic amines is 1. The molecule has 0 spiro atoms. The molecule has 26 heavy (non-hydrogen) atoms. The van der Waals surface area contributed by atoms with E-state index in [0.717, 1.165) is 35.9 Å². The summed E-state index contributed by atoms with van der Waals surface area (Å²) in [7, 11) is 1.97. The third kappa shape index (κ3) is 2.08. The van der Waals surface area contributed by atoms with Crippen molar-refractivity contribution in [3.05, 3.63) is 53.6 Å². The molecule has 1 aromatic heterocycles. The van der Waals surface area contributed by atoms with Gasteiger partial charge >= 0.3 is 0 Å². The van der Waals surface area contributed by atoms with Crippen LogP contribution in [0.2, 0.25) is 0 Å². The summed E-state index contributed by atoms with van der Waals surface area (Å²) in [6.45, 7) is 2.34. The summed E-state index contributed by atoms with van der Waals surface area (Å²) in [4.78, 5) is 14.1. The van der Waals surface area contributed by atoms with Crippen LogP contribution in [-0.4, -0.2) is 34.1 Å². The van der Waals surface area contributed by atoms with Crippen molar-refractivity contribution in [2.75, 3.05) is 7.05 Å². The number of hydrogen-bond donors (Lipinski definition) is 1. The van der Waals surface area contributed by atoms with Gasteiger partial charge in [-0.25, -0.2) is 0 Å². The molecule has 1 N–H and O–H groups in total. The maximum Gasteiger partial charge on any atom is 0.222 e. The molecule has 1 aliphatic heterocycles. The first-order chi connectivity index (χ1) is 12.6. The third-order valence-electron chi connectivity index (χ3n) is 6.61. The standard InChI is InChI=1S/C22H23N3O/c1-22-12-11-20(26)25(2)19(22)10-8-14-13-15(7-9-17(14)22)21-16-5-3-4-6-18(16)23-24-21/h3-7,9,13,19H,8,10-12H2,1-2H3,(H,23,24)/t19-,22-/m1/s1. The van der Waals surface area contributed by atoms with E-state index in [2.05, 4.69) is 53.5 Å². The summed E-state index contributed by atoms with van der Waals surface area (Å²) in [5.74, 6) is 0.288. The van der Waals surface area contributed by atoms with Crippen molar-refractivity contribution in [1.29, 1.82) is 0 Å². The number of benzene rings is 2. The monoisotopic (exact) mass is 345 g/mol. The number of amides is 1. The van der Waals surface area contributed by atoms with Gasteiger partial charge in [0.05, 0.1) is 11.2 Å². The Morgan fingerprint density at radius 2 is 2.04 bits per heavy atom. The second-order valence-corrected chi connectivity index (χ2v) is 7.97. The number of para-hydroxylation sites is 1. The summed E-state index contributed by atoms with van der Waals surface area (Å²) in [6.07, 6.45) is 3.65. The highest BCUT2D eigenvalue weighted by molar-refractivity contribution is 5.93. The van der Waals surface area contributed by atoms with E-state index in [-0.39, 0.29) is 11.3 Å². The predicted octanol–water partition coefficient (Wildman–Crippen LogP) is 4.05. The fourth-order valence-corrected chi connectivity index (χ4v) is 5.12. The van der Waals surface area contributed by atoms with Crippen molar-refractivity contribution in [2.24, 2.45) is 0 Å². The van der Waals surface area contributed by atoms with Crippen LogP contribution in [0, 0.1) is 0 Å². The molecule has 2 aliphatic rings. The summed E-state index contributed by atoms with van der Waals surface area (Å²) in [6, 6.07) is 15.4. The number of nitrogens with one attached hydrogen (secondary N) is 1. The lowest BCUT2D eigenvalue weighted by Gasteiger charge is -2.50. The van der Waals surface area contributed by atoms with E-state index in [1.807, 2.05) is 18.0 Å². The number of carbonyl (C=O) groups is 1. The number of hydrogen-bond acceptors (Lipinski definition) is 2. The number of aromatic nitrogens is 2. The molecule has 132 valence electrons. The number of nitrogens with zero attached hydrogens (tertiary/aromatic N) is 2. The van der Waals surface area contributed by atoms with E-state index < -0.39 is 0 Å². The highest BCUT2D eigenvalue weighted by atomic mass is 16.2. The maximum atomic E-state index is 12.2. The van der Waals surface area contributed by atoms with Gasteiger partial charge in [-0.1, -0.05) is 37.3 Å². The molecule has 3 aromatic rings. The molecule has 0 saturated carbocycles.